The van der Waals surface area contributed by atoms with Crippen molar-refractivity contribution in [1.82, 2.24) is 29.1 Å². The quantitative estimate of drug-likeness (QED) is 0.104. The number of hydrogen-bond acceptors (Lipinski definition) is 6. The Hall–Kier alpha value is -11.9. The molecule has 4 heterocycles. The number of aromatic nitrogens is 6. The molecule has 98 heavy (non-hydrogen) atoms. The smallest absolute Gasteiger partial charge is 0.423 e. The van der Waals surface area contributed by atoms with Gasteiger partial charge < -0.3 is 19.2 Å². The summed E-state index contributed by atoms with van der Waals surface area (Å²) in [4.78, 5) is 16.4. The Morgan fingerprint density at radius 3 is 1.08 bits per heavy atom. The molecule has 0 aliphatic carbocycles. The van der Waals surface area contributed by atoms with Gasteiger partial charge in [-0.15, -0.1) is 0 Å². The number of halogens is 1. The highest BCUT2D eigenvalue weighted by atomic mass is 127. The summed E-state index contributed by atoms with van der Waals surface area (Å²) in [6.07, 6.45) is 6.51. The molecule has 0 fully saturated rings. The second kappa shape index (κ2) is 27.1. The molecule has 0 unspecified atom stereocenters. The predicted octanol–water partition coefficient (Wildman–Crippen LogP) is 21.3. The summed E-state index contributed by atoms with van der Waals surface area (Å²) in [5.41, 5.74) is 23.7. The fourth-order valence-electron chi connectivity index (χ4n) is 13.6. The number of hydrogen-bond donors (Lipinski definition) is 2. The monoisotopic (exact) mass is 1370 g/mol. The topological polar surface area (TPSA) is 102 Å². The summed E-state index contributed by atoms with van der Waals surface area (Å²) < 4.78 is 6.00. The summed E-state index contributed by atoms with van der Waals surface area (Å²) in [5, 5.41) is 28.0. The Morgan fingerprint density at radius 1 is 0.296 bits per heavy atom. The van der Waals surface area contributed by atoms with Gasteiger partial charge in [0.25, 0.3) is 0 Å². The van der Waals surface area contributed by atoms with E-state index in [0.717, 1.165) is 22.5 Å². The van der Waals surface area contributed by atoms with E-state index in [2.05, 4.69) is 343 Å². The summed E-state index contributed by atoms with van der Waals surface area (Å²) >= 11 is 2.45. The second-order valence-electron chi connectivity index (χ2n) is 24.1. The molecule has 2 N–H and O–H groups in total. The van der Waals surface area contributed by atoms with Crippen molar-refractivity contribution in [2.24, 2.45) is 0 Å². The van der Waals surface area contributed by atoms with Crippen LogP contribution in [0, 0.1) is 3.57 Å². The highest BCUT2D eigenvalue weighted by Crippen LogP contribution is 2.41. The third-order valence-corrected chi connectivity index (χ3v) is 19.3. The predicted molar refractivity (Wildman–Crippen MR) is 417 cm³/mol. The second-order valence-corrected chi connectivity index (χ2v) is 25.3. The van der Waals surface area contributed by atoms with Gasteiger partial charge in [0.05, 0.1) is 33.5 Å². The number of nitrogens with zero attached hydrogens (tertiary/aromatic N) is 6. The van der Waals surface area contributed by atoms with E-state index in [0.29, 0.717) is 5.46 Å². The maximum absolute atomic E-state index is 8.92. The summed E-state index contributed by atoms with van der Waals surface area (Å²) in [7, 11) is -1.43. The Kier molecular flexibility index (Phi) is 16.8. The van der Waals surface area contributed by atoms with Crippen molar-refractivity contribution in [1.29, 1.82) is 0 Å². The molecule has 0 spiro atoms. The number of fused-ring (bicyclic) bond motifs is 8. The molecule has 0 amide bonds. The van der Waals surface area contributed by atoms with E-state index in [4.69, 9.17) is 10.0 Å². The molecule has 8 nitrogen and oxygen atoms in total. The summed E-state index contributed by atoms with van der Waals surface area (Å²) in [6.45, 7) is 0. The van der Waals surface area contributed by atoms with Crippen LogP contribution in [-0.2, 0) is 0 Å². The van der Waals surface area contributed by atoms with Crippen molar-refractivity contribution < 1.29 is 11.5 Å². The Bertz CT molecular complexity index is 5870. The zero-order valence-electron chi connectivity index (χ0n) is 53.0. The number of para-hydroxylation sites is 4. The molecule has 4 aromatic heterocycles. The molecule has 14 aromatic carbocycles. The molecular weight excluding hydrogens is 1310 g/mol. The molecule has 18 rings (SSSR count). The minimum absolute atomic E-state index is 0. The van der Waals surface area contributed by atoms with Crippen molar-refractivity contribution in [2.75, 3.05) is 0 Å². The maximum Gasteiger partial charge on any atom is 0.488 e. The zero-order chi connectivity index (χ0) is 65.9. The van der Waals surface area contributed by atoms with E-state index >= 15 is 0 Å². The van der Waals surface area contributed by atoms with E-state index in [1.165, 1.54) is 142 Å². The van der Waals surface area contributed by atoms with Crippen LogP contribution in [0.5, 0.6) is 0 Å². The zero-order valence-corrected chi connectivity index (χ0v) is 55.2. The van der Waals surface area contributed by atoms with Gasteiger partial charge in [-0.2, -0.15) is 0 Å². The van der Waals surface area contributed by atoms with Gasteiger partial charge in [0.1, 0.15) is 12.7 Å². The lowest BCUT2D eigenvalue weighted by Gasteiger charge is -2.14. The first-order chi connectivity index (χ1) is 48.4. The van der Waals surface area contributed by atoms with E-state index in [1.54, 1.807) is 49.1 Å². The fraction of sp³-hybridized carbons (Fsp3) is 0. The molecule has 0 bridgehead atoms. The van der Waals surface area contributed by atoms with Crippen LogP contribution < -0.4 is 5.46 Å². The van der Waals surface area contributed by atoms with Gasteiger partial charge in [-0.1, -0.05) is 249 Å². The van der Waals surface area contributed by atoms with Gasteiger partial charge in [-0.3, -0.25) is 0 Å². The minimum Gasteiger partial charge on any atom is -0.423 e. The highest BCUT2D eigenvalue weighted by molar-refractivity contribution is 14.1. The van der Waals surface area contributed by atoms with Gasteiger partial charge in [0.15, 0.2) is 0 Å². The van der Waals surface area contributed by atoms with Crippen LogP contribution in [-0.4, -0.2) is 46.2 Å². The molecule has 0 aliphatic heterocycles. The van der Waals surface area contributed by atoms with Gasteiger partial charge in [0.2, 0.25) is 0 Å². The molecule has 0 radical (unpaired) electrons. The first-order valence-corrected chi connectivity index (χ1v) is 33.6. The highest BCUT2D eigenvalue weighted by Gasteiger charge is 2.18. The third-order valence-electron chi connectivity index (χ3n) is 18.4. The molecule has 466 valence electrons. The van der Waals surface area contributed by atoms with Crippen LogP contribution in [0.15, 0.2) is 353 Å². The van der Waals surface area contributed by atoms with Crippen LogP contribution in [0.1, 0.15) is 1.43 Å². The number of benzene rings is 14. The lowest BCUT2D eigenvalue weighted by molar-refractivity contribution is 0.426. The van der Waals surface area contributed by atoms with E-state index in [9.17, 15) is 0 Å². The van der Waals surface area contributed by atoms with E-state index < -0.39 is 7.12 Å². The van der Waals surface area contributed by atoms with Gasteiger partial charge in [-0.05, 0) is 179 Å². The van der Waals surface area contributed by atoms with Crippen molar-refractivity contribution >= 4 is 100 Å². The SMILES string of the molecule is Ic1cccc2cccc(-c3ccc(-c4ccc5c(c4)c4ccccc4n5-c4ccccc4)cc3)c12.OB(O)c1ccc(-c2ccncn2)cc1.[2HH].c1ccc(-n2c3ccccc3c3cc(-c4ccc(-c5cccc6cccc(-c7ccc(-c8ccncn8)cc7)c56)cc4)ccc32)cc1. The summed E-state index contributed by atoms with van der Waals surface area (Å²) in [5.74, 6) is 0. The molecule has 0 saturated heterocycles. The first-order valence-electron chi connectivity index (χ1n) is 32.5. The number of rotatable bonds is 10. The van der Waals surface area contributed by atoms with Crippen LogP contribution >= 0.6 is 22.6 Å². The van der Waals surface area contributed by atoms with Crippen LogP contribution in [0.4, 0.5) is 0 Å². The maximum atomic E-state index is 8.92. The Morgan fingerprint density at radius 2 is 0.653 bits per heavy atom. The minimum atomic E-state index is -1.43. The molecule has 0 aliphatic rings. The van der Waals surface area contributed by atoms with E-state index in [-0.39, 0.29) is 1.43 Å². The van der Waals surface area contributed by atoms with Gasteiger partial charge >= 0.3 is 7.12 Å². The Labute approximate surface area is 582 Å². The average Bonchev–Trinajstić information content (AvgIpc) is 1.64. The summed E-state index contributed by atoms with van der Waals surface area (Å²) in [6, 6.07) is 116. The lowest BCUT2D eigenvalue weighted by Crippen LogP contribution is -2.29. The fourth-order valence-corrected chi connectivity index (χ4v) is 14.4. The van der Waals surface area contributed by atoms with Crippen molar-refractivity contribution in [3.63, 3.8) is 0 Å². The molecule has 0 atom stereocenters. The van der Waals surface area contributed by atoms with E-state index in [1.807, 2.05) is 6.07 Å². The van der Waals surface area contributed by atoms with Crippen molar-refractivity contribution in [3.05, 3.63) is 356 Å². The van der Waals surface area contributed by atoms with Crippen molar-refractivity contribution in [2.45, 2.75) is 0 Å². The standard InChI is InChI=1S/C44H29N3.C34H22IN.C10H9BN2O2.H2/c1-2-10-36(11-3-1)47-42-15-5-4-12-39(42)40-28-35(24-25-43(40)47)30-16-18-31(19-17-30)37-13-6-8-34-9-7-14-38(44(34)37)32-20-22-33(23-21-32)41-26-27-45-29-46-41;35-31-14-7-9-25-8-6-13-28(34(25)31)24-18-16-23(17-19-24)26-20-21-33-30(22-26)29-12-4-5-15-32(29)36(33)27-10-2-1-3-11-27;14-11(15)9-3-1-8(2-4-9)10-5-6-12-7-13-10;/h1-29H;1-22H;1-7,14-15H;1H/i;;;1+1. The average molecular weight is 1370 g/mol. The Balaban J connectivity index is 0.000000135. The van der Waals surface area contributed by atoms with Gasteiger partial charge in [0, 0.05) is 66.8 Å². The van der Waals surface area contributed by atoms with Gasteiger partial charge in [-0.25, -0.2) is 19.9 Å². The van der Waals surface area contributed by atoms with Crippen LogP contribution in [0.2, 0.25) is 0 Å². The third kappa shape index (κ3) is 12.0. The van der Waals surface area contributed by atoms with Crippen LogP contribution in [0.3, 0.4) is 0 Å². The van der Waals surface area contributed by atoms with Crippen LogP contribution in [0.25, 0.3) is 155 Å². The van der Waals surface area contributed by atoms with Crippen molar-refractivity contribution in [3.8, 4) is 89.5 Å². The normalized spacial score (nSPS) is 11.2. The first kappa shape index (κ1) is 61.0. The largest absolute Gasteiger partial charge is 0.488 e. The molecule has 18 aromatic rings. The molecule has 10 heteroatoms. The molecule has 0 saturated carbocycles. The molecular formula is C88H62BIN6O2. The lowest BCUT2D eigenvalue weighted by atomic mass is 9.80.